The highest BCUT2D eigenvalue weighted by molar-refractivity contribution is 7.17. The molecule has 102 valence electrons. The van der Waals surface area contributed by atoms with E-state index in [4.69, 9.17) is 0 Å². The van der Waals surface area contributed by atoms with Crippen molar-refractivity contribution in [2.45, 2.75) is 39.2 Å². The summed E-state index contributed by atoms with van der Waals surface area (Å²) in [6, 6.07) is 4.76. The summed E-state index contributed by atoms with van der Waals surface area (Å²) in [4.78, 5) is 4.53. The number of thiophene rings is 1. The van der Waals surface area contributed by atoms with Crippen molar-refractivity contribution in [2.75, 3.05) is 6.54 Å². The zero-order valence-electron chi connectivity index (χ0n) is 11.7. The Morgan fingerprint density at radius 1 is 1.47 bits per heavy atom. The van der Waals surface area contributed by atoms with Crippen molar-refractivity contribution < 1.29 is 0 Å². The van der Waals surface area contributed by atoms with Crippen molar-refractivity contribution in [1.29, 1.82) is 0 Å². The zero-order valence-corrected chi connectivity index (χ0v) is 12.5. The second-order valence-corrected chi connectivity index (χ2v) is 6.82. The molecule has 3 atom stereocenters. The molecule has 0 aromatic carbocycles. The first-order valence-corrected chi connectivity index (χ1v) is 8.18. The van der Waals surface area contributed by atoms with Crippen LogP contribution < -0.4 is 5.32 Å². The monoisotopic (exact) mass is 274 g/mol. The van der Waals surface area contributed by atoms with Crippen LogP contribution in [0.5, 0.6) is 0 Å². The maximum absolute atomic E-state index is 4.53. The normalized spacial score (nSPS) is 24.9. The molecule has 1 N–H and O–H groups in total. The van der Waals surface area contributed by atoms with E-state index >= 15 is 0 Å². The van der Waals surface area contributed by atoms with Crippen LogP contribution in [0.15, 0.2) is 23.7 Å². The van der Waals surface area contributed by atoms with Crippen LogP contribution in [0.4, 0.5) is 0 Å². The first kappa shape index (κ1) is 13.1. The third-order valence-corrected chi connectivity index (χ3v) is 5.40. The van der Waals surface area contributed by atoms with Crippen LogP contribution in [0.1, 0.15) is 44.7 Å². The quantitative estimate of drug-likeness (QED) is 0.894. The lowest BCUT2D eigenvalue weighted by Crippen LogP contribution is -2.27. The van der Waals surface area contributed by atoms with Gasteiger partial charge in [-0.25, -0.2) is 0 Å². The topological polar surface area (TPSA) is 24.9 Å². The minimum absolute atomic E-state index is 0.395. The molecule has 0 saturated heterocycles. The molecule has 3 unspecified atom stereocenters. The highest BCUT2D eigenvalue weighted by Gasteiger charge is 2.23. The van der Waals surface area contributed by atoms with E-state index in [-0.39, 0.29) is 0 Å². The van der Waals surface area contributed by atoms with E-state index in [0.29, 0.717) is 6.04 Å². The van der Waals surface area contributed by atoms with Crippen molar-refractivity contribution in [1.82, 2.24) is 10.3 Å². The van der Waals surface area contributed by atoms with E-state index in [2.05, 4.69) is 41.7 Å². The molecule has 1 fully saturated rings. The van der Waals surface area contributed by atoms with E-state index in [1.807, 2.05) is 6.20 Å². The average molecular weight is 274 g/mol. The third-order valence-electron chi connectivity index (χ3n) is 4.55. The number of fused-ring (bicyclic) bond motifs is 1. The van der Waals surface area contributed by atoms with Crippen LogP contribution in [0, 0.1) is 11.8 Å². The lowest BCUT2D eigenvalue weighted by molar-refractivity contribution is 0.375. The van der Waals surface area contributed by atoms with Gasteiger partial charge in [0, 0.05) is 12.2 Å². The highest BCUT2D eigenvalue weighted by Crippen LogP contribution is 2.31. The number of hydrogen-bond donors (Lipinski definition) is 1. The van der Waals surface area contributed by atoms with Gasteiger partial charge in [0.25, 0.3) is 0 Å². The SMILES string of the molecule is CC(NCC1CCCC1C)c1cnc2ccsc2c1. The van der Waals surface area contributed by atoms with Gasteiger partial charge >= 0.3 is 0 Å². The Morgan fingerprint density at radius 2 is 2.37 bits per heavy atom. The maximum atomic E-state index is 4.53. The van der Waals surface area contributed by atoms with Crippen molar-refractivity contribution in [3.63, 3.8) is 0 Å². The molecule has 19 heavy (non-hydrogen) atoms. The van der Waals surface area contributed by atoms with Gasteiger partial charge < -0.3 is 5.32 Å². The Kier molecular flexibility index (Phi) is 3.85. The summed E-state index contributed by atoms with van der Waals surface area (Å²) in [7, 11) is 0. The number of hydrogen-bond acceptors (Lipinski definition) is 3. The molecule has 2 aromatic rings. The molecule has 3 rings (SSSR count). The van der Waals surface area contributed by atoms with Gasteiger partial charge in [0.2, 0.25) is 0 Å². The predicted octanol–water partition coefficient (Wildman–Crippen LogP) is 4.38. The fourth-order valence-electron chi connectivity index (χ4n) is 3.07. The van der Waals surface area contributed by atoms with Gasteiger partial charge in [-0.1, -0.05) is 19.8 Å². The zero-order chi connectivity index (χ0) is 13.2. The van der Waals surface area contributed by atoms with Crippen LogP contribution in [0.3, 0.4) is 0 Å². The van der Waals surface area contributed by atoms with Gasteiger partial charge in [-0.3, -0.25) is 4.98 Å². The fraction of sp³-hybridized carbons (Fsp3) is 0.562. The van der Waals surface area contributed by atoms with E-state index in [1.54, 1.807) is 11.3 Å². The molecule has 1 saturated carbocycles. The summed E-state index contributed by atoms with van der Waals surface area (Å²) >= 11 is 1.77. The van der Waals surface area contributed by atoms with Gasteiger partial charge in [-0.15, -0.1) is 11.3 Å². The fourth-order valence-corrected chi connectivity index (χ4v) is 3.86. The molecule has 1 aliphatic carbocycles. The number of nitrogens with one attached hydrogen (secondary N) is 1. The third kappa shape index (κ3) is 2.82. The van der Waals surface area contributed by atoms with Crippen LogP contribution in [0.2, 0.25) is 0 Å². The van der Waals surface area contributed by atoms with Crippen molar-refractivity contribution in [3.8, 4) is 0 Å². The molecule has 2 heterocycles. The average Bonchev–Trinajstić information content (AvgIpc) is 3.03. The first-order chi connectivity index (χ1) is 9.24. The minimum Gasteiger partial charge on any atom is -0.310 e. The van der Waals surface area contributed by atoms with E-state index in [0.717, 1.165) is 23.9 Å². The Balaban J connectivity index is 1.64. The molecule has 0 radical (unpaired) electrons. The molecule has 1 aliphatic rings. The second-order valence-electron chi connectivity index (χ2n) is 5.87. The number of aromatic nitrogens is 1. The van der Waals surface area contributed by atoms with Gasteiger partial charge in [0.15, 0.2) is 0 Å². The molecule has 2 aromatic heterocycles. The summed E-state index contributed by atoms with van der Waals surface area (Å²) < 4.78 is 1.29. The number of pyridine rings is 1. The Labute approximate surface area is 119 Å². The molecular formula is C16H22N2S. The van der Waals surface area contributed by atoms with Crippen molar-refractivity contribution in [3.05, 3.63) is 29.3 Å². The van der Waals surface area contributed by atoms with Crippen LogP contribution in [0.25, 0.3) is 10.2 Å². The molecule has 2 nitrogen and oxygen atoms in total. The summed E-state index contributed by atoms with van der Waals surface area (Å²) in [5.41, 5.74) is 2.42. The Bertz CT molecular complexity index is 548. The van der Waals surface area contributed by atoms with Crippen LogP contribution >= 0.6 is 11.3 Å². The smallest absolute Gasteiger partial charge is 0.0809 e. The molecular weight excluding hydrogens is 252 g/mol. The van der Waals surface area contributed by atoms with Gasteiger partial charge in [0.1, 0.15) is 0 Å². The summed E-state index contributed by atoms with van der Waals surface area (Å²) in [6.07, 6.45) is 6.22. The molecule has 0 spiro atoms. The van der Waals surface area contributed by atoms with Gasteiger partial charge in [-0.2, -0.15) is 0 Å². The van der Waals surface area contributed by atoms with E-state index in [9.17, 15) is 0 Å². The molecule has 0 aliphatic heterocycles. The van der Waals surface area contributed by atoms with E-state index in [1.165, 1.54) is 29.5 Å². The summed E-state index contributed by atoms with van der Waals surface area (Å²) in [6.45, 7) is 5.78. The first-order valence-electron chi connectivity index (χ1n) is 7.30. The van der Waals surface area contributed by atoms with Crippen molar-refractivity contribution in [2.24, 2.45) is 11.8 Å². The standard InChI is InChI=1S/C16H22N2S/c1-11-4-3-5-13(11)9-17-12(2)14-8-16-15(18-10-14)6-7-19-16/h6-8,10-13,17H,3-5,9H2,1-2H3. The molecule has 0 bridgehead atoms. The summed E-state index contributed by atoms with van der Waals surface area (Å²) in [5, 5.41) is 5.80. The largest absolute Gasteiger partial charge is 0.310 e. The van der Waals surface area contributed by atoms with Gasteiger partial charge in [-0.05, 0) is 54.8 Å². The molecule has 0 amide bonds. The number of rotatable bonds is 4. The van der Waals surface area contributed by atoms with Gasteiger partial charge in [0.05, 0.1) is 10.2 Å². The van der Waals surface area contributed by atoms with E-state index < -0.39 is 0 Å². The van der Waals surface area contributed by atoms with Crippen molar-refractivity contribution >= 4 is 21.6 Å². The van der Waals surface area contributed by atoms with Crippen LogP contribution in [-0.4, -0.2) is 11.5 Å². The maximum Gasteiger partial charge on any atom is 0.0809 e. The Hall–Kier alpha value is -0.930. The predicted molar refractivity (Wildman–Crippen MR) is 82.5 cm³/mol. The Morgan fingerprint density at radius 3 is 3.16 bits per heavy atom. The lowest BCUT2D eigenvalue weighted by atomic mass is 9.97. The minimum atomic E-state index is 0.395. The summed E-state index contributed by atoms with van der Waals surface area (Å²) in [5.74, 6) is 1.75. The lowest BCUT2D eigenvalue weighted by Gasteiger charge is -2.20. The second kappa shape index (κ2) is 5.59. The highest BCUT2D eigenvalue weighted by atomic mass is 32.1. The number of nitrogens with zero attached hydrogens (tertiary/aromatic N) is 1. The van der Waals surface area contributed by atoms with Crippen LogP contribution in [-0.2, 0) is 0 Å². The molecule has 3 heteroatoms.